The number of hydrogen-bond donors (Lipinski definition) is 2. The number of hydrazone groups is 1. The van der Waals surface area contributed by atoms with Crippen molar-refractivity contribution in [1.82, 2.24) is 5.43 Å². The number of aryl methyl sites for hydroxylation is 1. The van der Waals surface area contributed by atoms with Gasteiger partial charge >= 0.3 is 0 Å². The molecule has 0 spiro atoms. The van der Waals surface area contributed by atoms with Crippen molar-refractivity contribution < 1.29 is 19.1 Å². The summed E-state index contributed by atoms with van der Waals surface area (Å²) in [5.41, 5.74) is 5.62. The molecule has 0 aliphatic heterocycles. The molecule has 0 bridgehead atoms. The van der Waals surface area contributed by atoms with Crippen molar-refractivity contribution in [3.8, 4) is 11.5 Å². The van der Waals surface area contributed by atoms with Crippen LogP contribution in [0.2, 0.25) is 10.0 Å². The van der Waals surface area contributed by atoms with E-state index >= 15 is 0 Å². The first-order chi connectivity index (χ1) is 17.3. The summed E-state index contributed by atoms with van der Waals surface area (Å²) in [4.78, 5) is 24.2. The van der Waals surface area contributed by atoms with Crippen molar-refractivity contribution in [2.75, 3.05) is 11.9 Å². The Bertz CT molecular complexity index is 1230. The standard InChI is InChI=1S/C27H27Cl2N3O4/c1-3-35-25-14-20(7-11-24(25)36-17-19-5-8-21(28)9-6-19)16-30-32-27(34)13-12-26(33)31-22-10-4-18(2)23(29)15-22/h4-11,14-16H,3,12-13,17H2,1-2H3,(H,31,33)(H,32,34). The van der Waals surface area contributed by atoms with Crippen molar-refractivity contribution in [2.45, 2.75) is 33.3 Å². The third kappa shape index (κ3) is 8.59. The Morgan fingerprint density at radius 3 is 2.39 bits per heavy atom. The molecule has 0 saturated carbocycles. The highest BCUT2D eigenvalue weighted by atomic mass is 35.5. The average Bonchev–Trinajstić information content (AvgIpc) is 2.86. The topological polar surface area (TPSA) is 89.0 Å². The van der Waals surface area contributed by atoms with Crippen LogP contribution in [-0.4, -0.2) is 24.6 Å². The number of nitrogens with zero attached hydrogens (tertiary/aromatic N) is 1. The minimum Gasteiger partial charge on any atom is -0.490 e. The first-order valence-corrected chi connectivity index (χ1v) is 12.1. The Labute approximate surface area is 220 Å². The highest BCUT2D eigenvalue weighted by Crippen LogP contribution is 2.29. The monoisotopic (exact) mass is 527 g/mol. The number of anilines is 1. The minimum absolute atomic E-state index is 0.00949. The lowest BCUT2D eigenvalue weighted by molar-refractivity contribution is -0.124. The lowest BCUT2D eigenvalue weighted by Gasteiger charge is -2.12. The smallest absolute Gasteiger partial charge is 0.240 e. The molecule has 0 aromatic heterocycles. The molecule has 0 aliphatic carbocycles. The number of benzene rings is 3. The molecule has 7 nitrogen and oxygen atoms in total. The van der Waals surface area contributed by atoms with Gasteiger partial charge in [-0.2, -0.15) is 5.10 Å². The van der Waals surface area contributed by atoms with Gasteiger partial charge in [-0.15, -0.1) is 0 Å². The molecule has 0 atom stereocenters. The van der Waals surface area contributed by atoms with E-state index in [4.69, 9.17) is 32.7 Å². The summed E-state index contributed by atoms with van der Waals surface area (Å²) in [6.07, 6.45) is 1.50. The van der Waals surface area contributed by atoms with Gasteiger partial charge in [0.25, 0.3) is 0 Å². The van der Waals surface area contributed by atoms with E-state index in [0.717, 1.165) is 11.1 Å². The van der Waals surface area contributed by atoms with E-state index < -0.39 is 0 Å². The molecule has 0 unspecified atom stereocenters. The van der Waals surface area contributed by atoms with Gasteiger partial charge in [0.1, 0.15) is 6.61 Å². The van der Waals surface area contributed by atoms with Gasteiger partial charge in [-0.05, 0) is 73.0 Å². The molecule has 0 saturated heterocycles. The number of rotatable bonds is 11. The van der Waals surface area contributed by atoms with Crippen LogP contribution in [0.25, 0.3) is 0 Å². The molecule has 36 heavy (non-hydrogen) atoms. The maximum atomic E-state index is 12.1. The zero-order valence-corrected chi connectivity index (χ0v) is 21.5. The quantitative estimate of drug-likeness (QED) is 0.231. The van der Waals surface area contributed by atoms with Gasteiger partial charge in [-0.3, -0.25) is 9.59 Å². The fourth-order valence-corrected chi connectivity index (χ4v) is 3.40. The molecular formula is C27H27Cl2N3O4. The van der Waals surface area contributed by atoms with Gasteiger partial charge in [0.2, 0.25) is 11.8 Å². The van der Waals surface area contributed by atoms with E-state index in [9.17, 15) is 9.59 Å². The van der Waals surface area contributed by atoms with Gasteiger partial charge in [0.15, 0.2) is 11.5 Å². The third-order valence-corrected chi connectivity index (χ3v) is 5.67. The first kappa shape index (κ1) is 27.0. The van der Waals surface area contributed by atoms with Crippen LogP contribution in [0.4, 0.5) is 5.69 Å². The Morgan fingerprint density at radius 1 is 0.917 bits per heavy atom. The highest BCUT2D eigenvalue weighted by Gasteiger charge is 2.09. The number of amides is 2. The van der Waals surface area contributed by atoms with E-state index in [2.05, 4.69) is 15.8 Å². The summed E-state index contributed by atoms with van der Waals surface area (Å²) < 4.78 is 11.6. The van der Waals surface area contributed by atoms with E-state index in [1.807, 2.05) is 44.2 Å². The molecule has 9 heteroatoms. The zero-order valence-electron chi connectivity index (χ0n) is 20.0. The number of halogens is 2. The summed E-state index contributed by atoms with van der Waals surface area (Å²) in [6, 6.07) is 18.0. The third-order valence-electron chi connectivity index (χ3n) is 5.01. The van der Waals surface area contributed by atoms with Crippen molar-refractivity contribution in [1.29, 1.82) is 0 Å². The zero-order chi connectivity index (χ0) is 25.9. The Kier molecular flexibility index (Phi) is 10.2. The SMILES string of the molecule is CCOc1cc(C=NNC(=O)CCC(=O)Nc2ccc(C)c(Cl)c2)ccc1OCc1ccc(Cl)cc1. The fourth-order valence-electron chi connectivity index (χ4n) is 3.09. The van der Waals surface area contributed by atoms with Crippen molar-refractivity contribution in [2.24, 2.45) is 5.10 Å². The predicted molar refractivity (Wildman–Crippen MR) is 143 cm³/mol. The van der Waals surface area contributed by atoms with Crippen LogP contribution >= 0.6 is 23.2 Å². The predicted octanol–water partition coefficient (Wildman–Crippen LogP) is 6.15. The second-order valence-electron chi connectivity index (χ2n) is 7.86. The summed E-state index contributed by atoms with van der Waals surface area (Å²) in [7, 11) is 0. The minimum atomic E-state index is -0.378. The lowest BCUT2D eigenvalue weighted by Crippen LogP contribution is -2.20. The van der Waals surface area contributed by atoms with Gasteiger partial charge in [-0.1, -0.05) is 41.4 Å². The Hall–Kier alpha value is -3.55. The molecule has 0 aliphatic rings. The van der Waals surface area contributed by atoms with Crippen molar-refractivity contribution >= 4 is 46.9 Å². The number of hydrogen-bond acceptors (Lipinski definition) is 5. The molecule has 0 heterocycles. The van der Waals surface area contributed by atoms with Crippen LogP contribution in [0.15, 0.2) is 65.8 Å². The van der Waals surface area contributed by atoms with E-state index in [1.54, 1.807) is 30.3 Å². The maximum Gasteiger partial charge on any atom is 0.240 e. The molecule has 2 N–H and O–H groups in total. The normalized spacial score (nSPS) is 10.8. The number of nitrogens with one attached hydrogen (secondary N) is 2. The molecular weight excluding hydrogens is 501 g/mol. The van der Waals surface area contributed by atoms with E-state index in [-0.39, 0.29) is 24.7 Å². The summed E-state index contributed by atoms with van der Waals surface area (Å²) in [5.74, 6) is 0.490. The van der Waals surface area contributed by atoms with Crippen LogP contribution in [0.3, 0.4) is 0 Å². The van der Waals surface area contributed by atoms with Crippen LogP contribution in [0, 0.1) is 6.92 Å². The highest BCUT2D eigenvalue weighted by molar-refractivity contribution is 6.31. The van der Waals surface area contributed by atoms with Crippen molar-refractivity contribution in [3.63, 3.8) is 0 Å². The van der Waals surface area contributed by atoms with Crippen LogP contribution in [0.1, 0.15) is 36.5 Å². The number of carbonyl (C=O) groups excluding carboxylic acids is 2. The molecule has 2 amide bonds. The molecule has 188 valence electrons. The molecule has 3 aromatic rings. The fraction of sp³-hybridized carbons (Fsp3) is 0.222. The largest absolute Gasteiger partial charge is 0.490 e. The average molecular weight is 528 g/mol. The van der Waals surface area contributed by atoms with Gasteiger partial charge in [0, 0.05) is 28.6 Å². The number of carbonyl (C=O) groups is 2. The second kappa shape index (κ2) is 13.5. The Morgan fingerprint density at radius 2 is 1.67 bits per heavy atom. The first-order valence-electron chi connectivity index (χ1n) is 11.4. The van der Waals surface area contributed by atoms with Gasteiger partial charge in [0.05, 0.1) is 12.8 Å². The van der Waals surface area contributed by atoms with Crippen LogP contribution in [0.5, 0.6) is 11.5 Å². The summed E-state index contributed by atoms with van der Waals surface area (Å²) >= 11 is 12.0. The Balaban J connectivity index is 1.48. The van der Waals surface area contributed by atoms with E-state index in [0.29, 0.717) is 46.0 Å². The van der Waals surface area contributed by atoms with Crippen molar-refractivity contribution in [3.05, 3.63) is 87.4 Å². The van der Waals surface area contributed by atoms with Gasteiger partial charge in [-0.25, -0.2) is 5.43 Å². The molecule has 3 aromatic carbocycles. The number of ether oxygens (including phenoxy) is 2. The maximum absolute atomic E-state index is 12.1. The molecule has 3 rings (SSSR count). The van der Waals surface area contributed by atoms with Crippen LogP contribution in [-0.2, 0) is 16.2 Å². The summed E-state index contributed by atoms with van der Waals surface area (Å²) in [6.45, 7) is 4.59. The van der Waals surface area contributed by atoms with E-state index in [1.165, 1.54) is 6.21 Å². The summed E-state index contributed by atoms with van der Waals surface area (Å²) in [5, 5.41) is 7.93. The molecule has 0 radical (unpaired) electrons. The second-order valence-corrected chi connectivity index (χ2v) is 8.70. The van der Waals surface area contributed by atoms with Gasteiger partial charge < -0.3 is 14.8 Å². The lowest BCUT2D eigenvalue weighted by atomic mass is 10.2. The van der Waals surface area contributed by atoms with Crippen LogP contribution < -0.4 is 20.2 Å². The molecule has 0 fully saturated rings.